The summed E-state index contributed by atoms with van der Waals surface area (Å²) in [4.78, 5) is 17.2. The number of pyridine rings is 1. The van der Waals surface area contributed by atoms with Crippen LogP contribution in [-0.4, -0.2) is 35.9 Å². The number of hydrogen-bond donors (Lipinski definition) is 1. The molecular formula is C28H32FNO5P+. The summed E-state index contributed by atoms with van der Waals surface area (Å²) in [7, 11) is -1.15. The highest BCUT2D eigenvalue weighted by Gasteiger charge is 2.45. The molecule has 3 atom stereocenters. The van der Waals surface area contributed by atoms with Gasteiger partial charge in [0.2, 0.25) is 5.66 Å². The number of nitrogens with zero attached hydrogens (tertiary/aromatic N) is 1. The van der Waals surface area contributed by atoms with Crippen LogP contribution in [0.3, 0.4) is 0 Å². The zero-order chi connectivity index (χ0) is 26.4. The van der Waals surface area contributed by atoms with Gasteiger partial charge >= 0.3 is 14.0 Å². The van der Waals surface area contributed by atoms with Crippen LogP contribution in [0.2, 0.25) is 0 Å². The molecule has 0 fully saturated rings. The molecule has 2 aromatic carbocycles. The summed E-state index contributed by atoms with van der Waals surface area (Å²) in [6.45, 7) is 7.65. The summed E-state index contributed by atoms with van der Waals surface area (Å²) in [5.41, 5.74) is 3.84. The van der Waals surface area contributed by atoms with Gasteiger partial charge < -0.3 is 9.84 Å². The Morgan fingerprint density at radius 3 is 2.28 bits per heavy atom. The third-order valence-corrected chi connectivity index (χ3v) is 7.40. The maximum atomic E-state index is 13.9. The van der Waals surface area contributed by atoms with Crippen molar-refractivity contribution in [2.75, 3.05) is 13.7 Å². The van der Waals surface area contributed by atoms with Crippen LogP contribution in [0.4, 0.5) is 4.39 Å². The standard InChI is InChI=1S/C28H32FNO5P/c1-6-35-23(32)16-22(31)28(36(33)34-5)25-24(19-12-14-21(29)15-13-19)18(4)27(30-26(25)17(2)3)20-10-8-7-9-11-20/h7-15,17,22,28,31H,6,16H2,1-5H3/q+1. The Morgan fingerprint density at radius 1 is 1.08 bits per heavy atom. The van der Waals surface area contributed by atoms with E-state index in [-0.39, 0.29) is 24.8 Å². The average molecular weight is 513 g/mol. The van der Waals surface area contributed by atoms with Gasteiger partial charge in [-0.2, -0.15) is 0 Å². The summed E-state index contributed by atoms with van der Waals surface area (Å²) in [5, 5.41) is 11.2. The highest BCUT2D eigenvalue weighted by molar-refractivity contribution is 7.39. The number of rotatable bonds is 10. The minimum absolute atomic E-state index is 0.125. The number of carbonyl (C=O) groups excluding carboxylic acids is 1. The third kappa shape index (κ3) is 6.04. The van der Waals surface area contributed by atoms with Crippen LogP contribution >= 0.6 is 8.03 Å². The molecule has 0 aliphatic rings. The number of halogens is 1. The number of benzene rings is 2. The molecule has 190 valence electrons. The lowest BCUT2D eigenvalue weighted by Gasteiger charge is -2.25. The molecule has 0 spiro atoms. The molecule has 0 radical (unpaired) electrons. The van der Waals surface area contributed by atoms with Gasteiger partial charge in [0.25, 0.3) is 0 Å². The van der Waals surface area contributed by atoms with Crippen molar-refractivity contribution in [1.29, 1.82) is 0 Å². The van der Waals surface area contributed by atoms with Crippen molar-refractivity contribution < 1.29 is 28.1 Å². The Labute approximate surface area is 212 Å². The molecule has 1 aromatic heterocycles. The smallest absolute Gasteiger partial charge is 0.466 e. The molecule has 0 saturated heterocycles. The zero-order valence-electron chi connectivity index (χ0n) is 21.2. The molecule has 3 unspecified atom stereocenters. The molecule has 3 rings (SSSR count). The normalized spacial score (nSPS) is 13.4. The van der Waals surface area contributed by atoms with E-state index in [1.165, 1.54) is 19.2 Å². The van der Waals surface area contributed by atoms with E-state index >= 15 is 0 Å². The number of ether oxygens (including phenoxy) is 1. The first-order valence-electron chi connectivity index (χ1n) is 11.9. The van der Waals surface area contributed by atoms with Crippen molar-refractivity contribution in [3.05, 3.63) is 77.2 Å². The molecule has 8 heteroatoms. The van der Waals surface area contributed by atoms with Crippen molar-refractivity contribution in [2.24, 2.45) is 0 Å². The zero-order valence-corrected chi connectivity index (χ0v) is 22.1. The van der Waals surface area contributed by atoms with Gasteiger partial charge in [-0.25, -0.2) is 4.39 Å². The Bertz CT molecular complexity index is 1210. The fraction of sp³-hybridized carbons (Fsp3) is 0.357. The van der Waals surface area contributed by atoms with Crippen molar-refractivity contribution in [3.8, 4) is 22.4 Å². The summed E-state index contributed by atoms with van der Waals surface area (Å²) in [6, 6.07) is 15.7. The minimum Gasteiger partial charge on any atom is -0.466 e. The molecule has 0 aliphatic carbocycles. The van der Waals surface area contributed by atoms with Crippen LogP contribution in [0, 0.1) is 12.7 Å². The topological polar surface area (TPSA) is 85.7 Å². The monoisotopic (exact) mass is 512 g/mol. The van der Waals surface area contributed by atoms with Crippen LogP contribution in [0.15, 0.2) is 54.6 Å². The van der Waals surface area contributed by atoms with Gasteiger partial charge in [0.1, 0.15) is 11.9 Å². The van der Waals surface area contributed by atoms with Gasteiger partial charge in [0.15, 0.2) is 0 Å². The van der Waals surface area contributed by atoms with Crippen molar-refractivity contribution in [1.82, 2.24) is 4.98 Å². The molecule has 3 aromatic rings. The number of aliphatic hydroxyl groups is 1. The van der Waals surface area contributed by atoms with Crippen LogP contribution in [0.5, 0.6) is 0 Å². The predicted molar refractivity (Wildman–Crippen MR) is 139 cm³/mol. The minimum atomic E-state index is -2.45. The summed E-state index contributed by atoms with van der Waals surface area (Å²) in [5.74, 6) is -1.12. The lowest BCUT2D eigenvalue weighted by atomic mass is 9.85. The van der Waals surface area contributed by atoms with Crippen LogP contribution in [0.25, 0.3) is 22.4 Å². The summed E-state index contributed by atoms with van der Waals surface area (Å²) < 4.78 is 37.4. The fourth-order valence-corrected chi connectivity index (χ4v) is 5.46. The largest absolute Gasteiger partial charge is 0.518 e. The van der Waals surface area contributed by atoms with Crippen molar-refractivity contribution >= 4 is 14.0 Å². The number of esters is 1. The Hall–Kier alpha value is -2.99. The first-order chi connectivity index (χ1) is 17.2. The number of aromatic nitrogens is 1. The highest BCUT2D eigenvalue weighted by atomic mass is 31.1. The average Bonchev–Trinajstić information content (AvgIpc) is 2.85. The fourth-order valence-electron chi connectivity index (χ4n) is 4.37. The van der Waals surface area contributed by atoms with E-state index in [0.717, 1.165) is 16.8 Å². The van der Waals surface area contributed by atoms with E-state index in [0.29, 0.717) is 22.4 Å². The van der Waals surface area contributed by atoms with Gasteiger partial charge in [-0.1, -0.05) is 56.3 Å². The number of hydrogen-bond acceptors (Lipinski definition) is 6. The van der Waals surface area contributed by atoms with Crippen LogP contribution < -0.4 is 0 Å². The number of aliphatic hydroxyl groups excluding tert-OH is 1. The molecule has 0 aliphatic heterocycles. The van der Waals surface area contributed by atoms with Gasteiger partial charge in [0, 0.05) is 11.1 Å². The summed E-state index contributed by atoms with van der Waals surface area (Å²) in [6.07, 6.45) is -1.71. The van der Waals surface area contributed by atoms with E-state index < -0.39 is 25.8 Å². The second kappa shape index (κ2) is 12.3. The highest BCUT2D eigenvalue weighted by Crippen LogP contribution is 2.51. The lowest BCUT2D eigenvalue weighted by Crippen LogP contribution is -2.24. The second-order valence-corrected chi connectivity index (χ2v) is 10.3. The molecular weight excluding hydrogens is 480 g/mol. The Kier molecular flexibility index (Phi) is 9.43. The van der Waals surface area contributed by atoms with Crippen LogP contribution in [0.1, 0.15) is 55.6 Å². The first kappa shape index (κ1) is 27.6. The molecule has 36 heavy (non-hydrogen) atoms. The van der Waals surface area contributed by atoms with Crippen molar-refractivity contribution in [3.63, 3.8) is 0 Å². The predicted octanol–water partition coefficient (Wildman–Crippen LogP) is 6.73. The maximum absolute atomic E-state index is 13.9. The third-order valence-electron chi connectivity index (χ3n) is 5.98. The SMILES string of the molecule is CCOC(=O)CC(O)C(c1c(C(C)C)nc(-c2ccccc2)c(C)c1-c1ccc(F)cc1)[P+](=O)OC. The van der Waals surface area contributed by atoms with Crippen molar-refractivity contribution in [2.45, 2.75) is 51.8 Å². The summed E-state index contributed by atoms with van der Waals surface area (Å²) >= 11 is 0. The molecule has 1 N–H and O–H groups in total. The van der Waals surface area contributed by atoms with Gasteiger partial charge in [-0.3, -0.25) is 9.78 Å². The lowest BCUT2D eigenvalue weighted by molar-refractivity contribution is -0.145. The van der Waals surface area contributed by atoms with E-state index in [1.807, 2.05) is 51.1 Å². The van der Waals surface area contributed by atoms with Gasteiger partial charge in [0.05, 0.1) is 31.5 Å². The molecule has 0 amide bonds. The number of carbonyl (C=O) groups is 1. The second-order valence-electron chi connectivity index (χ2n) is 8.78. The molecule has 0 saturated carbocycles. The van der Waals surface area contributed by atoms with Crippen LogP contribution in [-0.2, 0) is 18.6 Å². The Balaban J connectivity index is 2.39. The molecule has 6 nitrogen and oxygen atoms in total. The molecule has 1 heterocycles. The van der Waals surface area contributed by atoms with E-state index in [2.05, 4.69) is 0 Å². The van der Waals surface area contributed by atoms with Gasteiger partial charge in [-0.15, -0.1) is 4.52 Å². The van der Waals surface area contributed by atoms with E-state index in [9.17, 15) is 18.9 Å². The first-order valence-corrected chi connectivity index (χ1v) is 13.1. The maximum Gasteiger partial charge on any atom is 0.518 e. The quantitative estimate of drug-likeness (QED) is 0.239. The van der Waals surface area contributed by atoms with Gasteiger partial charge in [-0.05, 0) is 53.2 Å². The van der Waals surface area contributed by atoms with E-state index in [1.54, 1.807) is 19.1 Å². The Morgan fingerprint density at radius 2 is 1.72 bits per heavy atom. The van der Waals surface area contributed by atoms with E-state index in [4.69, 9.17) is 14.2 Å². The molecule has 0 bridgehead atoms.